The fourth-order valence-corrected chi connectivity index (χ4v) is 2.92. The first kappa shape index (κ1) is 14.3. The van der Waals surface area contributed by atoms with E-state index in [1.165, 1.54) is 0 Å². The molecule has 5 nitrogen and oxygen atoms in total. The molecule has 0 fully saturated rings. The van der Waals surface area contributed by atoms with Gasteiger partial charge in [0.1, 0.15) is 5.75 Å². The number of ether oxygens (including phenoxy) is 1. The van der Waals surface area contributed by atoms with Gasteiger partial charge in [0.2, 0.25) is 0 Å². The molecule has 0 aliphatic heterocycles. The summed E-state index contributed by atoms with van der Waals surface area (Å²) in [6.45, 7) is 1.97. The van der Waals surface area contributed by atoms with Crippen LogP contribution in [0.5, 0.6) is 5.75 Å². The highest BCUT2D eigenvalue weighted by molar-refractivity contribution is 7.18. The molecule has 0 aliphatic carbocycles. The summed E-state index contributed by atoms with van der Waals surface area (Å²) in [6, 6.07) is 12.6. The van der Waals surface area contributed by atoms with Crippen LogP contribution in [0.15, 0.2) is 42.5 Å². The van der Waals surface area contributed by atoms with Crippen LogP contribution in [0.4, 0.5) is 16.2 Å². The second-order valence-electron chi connectivity index (χ2n) is 4.73. The standard InChI is InChI=1S/C16H15N3O2S/c1-10-17-14-9-12(6-7-15(14)22-10)19-16(20)18-11-4-3-5-13(8-11)21-2/h3-9H,1-2H3,(H2,18,19,20). The monoisotopic (exact) mass is 313 g/mol. The van der Waals surface area contributed by atoms with Gasteiger partial charge in [-0.2, -0.15) is 0 Å². The largest absolute Gasteiger partial charge is 0.497 e. The summed E-state index contributed by atoms with van der Waals surface area (Å²) < 4.78 is 6.23. The van der Waals surface area contributed by atoms with E-state index >= 15 is 0 Å². The van der Waals surface area contributed by atoms with Crippen LogP contribution in [0.2, 0.25) is 0 Å². The summed E-state index contributed by atoms with van der Waals surface area (Å²) in [5, 5.41) is 6.58. The second-order valence-corrected chi connectivity index (χ2v) is 5.96. The zero-order chi connectivity index (χ0) is 15.5. The number of hydrogen-bond acceptors (Lipinski definition) is 4. The second kappa shape index (κ2) is 6.03. The van der Waals surface area contributed by atoms with Crippen molar-refractivity contribution in [3.8, 4) is 5.75 Å². The van der Waals surface area contributed by atoms with E-state index in [0.717, 1.165) is 15.2 Å². The fourth-order valence-electron chi connectivity index (χ4n) is 2.11. The number of nitrogens with zero attached hydrogens (tertiary/aromatic N) is 1. The van der Waals surface area contributed by atoms with Crippen LogP contribution in [0.3, 0.4) is 0 Å². The number of urea groups is 1. The minimum Gasteiger partial charge on any atom is -0.497 e. The van der Waals surface area contributed by atoms with E-state index in [4.69, 9.17) is 4.74 Å². The number of aromatic nitrogens is 1. The maximum Gasteiger partial charge on any atom is 0.323 e. The van der Waals surface area contributed by atoms with Crippen molar-refractivity contribution in [2.45, 2.75) is 6.92 Å². The van der Waals surface area contributed by atoms with Gasteiger partial charge in [0.25, 0.3) is 0 Å². The molecule has 112 valence electrons. The Morgan fingerprint density at radius 1 is 1.14 bits per heavy atom. The predicted molar refractivity (Wildman–Crippen MR) is 90.0 cm³/mol. The van der Waals surface area contributed by atoms with Gasteiger partial charge in [0.05, 0.1) is 22.3 Å². The third kappa shape index (κ3) is 3.17. The summed E-state index contributed by atoms with van der Waals surface area (Å²) in [7, 11) is 1.59. The Bertz CT molecular complexity index is 829. The molecule has 2 amide bonds. The molecular weight excluding hydrogens is 298 g/mol. The maximum absolute atomic E-state index is 12.0. The quantitative estimate of drug-likeness (QED) is 0.759. The van der Waals surface area contributed by atoms with Crippen LogP contribution in [-0.4, -0.2) is 18.1 Å². The number of fused-ring (bicyclic) bond motifs is 1. The number of benzene rings is 2. The van der Waals surface area contributed by atoms with Crippen LogP contribution >= 0.6 is 11.3 Å². The van der Waals surface area contributed by atoms with E-state index in [1.54, 1.807) is 30.6 Å². The molecule has 22 heavy (non-hydrogen) atoms. The van der Waals surface area contributed by atoms with Gasteiger partial charge >= 0.3 is 6.03 Å². The van der Waals surface area contributed by atoms with Gasteiger partial charge < -0.3 is 15.4 Å². The van der Waals surface area contributed by atoms with Gasteiger partial charge in [-0.15, -0.1) is 11.3 Å². The first-order valence-electron chi connectivity index (χ1n) is 6.73. The predicted octanol–water partition coefficient (Wildman–Crippen LogP) is 4.26. The van der Waals surface area contributed by atoms with Crippen molar-refractivity contribution in [2.24, 2.45) is 0 Å². The Balaban J connectivity index is 1.71. The molecule has 3 aromatic rings. The van der Waals surface area contributed by atoms with Crippen molar-refractivity contribution in [3.05, 3.63) is 47.5 Å². The zero-order valence-electron chi connectivity index (χ0n) is 12.2. The summed E-state index contributed by atoms with van der Waals surface area (Å²) in [5.74, 6) is 0.692. The summed E-state index contributed by atoms with van der Waals surface area (Å²) in [5.41, 5.74) is 2.27. The third-order valence-electron chi connectivity index (χ3n) is 3.08. The van der Waals surface area contributed by atoms with Gasteiger partial charge in [0.15, 0.2) is 0 Å². The highest BCUT2D eigenvalue weighted by atomic mass is 32.1. The van der Waals surface area contributed by atoms with Crippen molar-refractivity contribution in [2.75, 3.05) is 17.7 Å². The van der Waals surface area contributed by atoms with E-state index in [9.17, 15) is 4.79 Å². The van der Waals surface area contributed by atoms with Crippen molar-refractivity contribution >= 4 is 39.0 Å². The highest BCUT2D eigenvalue weighted by Crippen LogP contribution is 2.24. The van der Waals surface area contributed by atoms with Crippen molar-refractivity contribution in [3.63, 3.8) is 0 Å². The summed E-state index contributed by atoms with van der Waals surface area (Å²) >= 11 is 1.63. The normalized spacial score (nSPS) is 10.5. The Hall–Kier alpha value is -2.60. The van der Waals surface area contributed by atoms with Gasteiger partial charge in [-0.3, -0.25) is 0 Å². The molecule has 0 saturated heterocycles. The fraction of sp³-hybridized carbons (Fsp3) is 0.125. The maximum atomic E-state index is 12.0. The molecule has 0 saturated carbocycles. The topological polar surface area (TPSA) is 63.2 Å². The minimum absolute atomic E-state index is 0.306. The molecule has 2 N–H and O–H groups in total. The number of carbonyl (C=O) groups excluding carboxylic acids is 1. The third-order valence-corrected chi connectivity index (χ3v) is 4.03. The van der Waals surface area contributed by atoms with Crippen molar-refractivity contribution in [1.29, 1.82) is 0 Å². The number of amides is 2. The number of methoxy groups -OCH3 is 1. The lowest BCUT2D eigenvalue weighted by Gasteiger charge is -2.08. The van der Waals surface area contributed by atoms with Gasteiger partial charge in [-0.05, 0) is 37.3 Å². The van der Waals surface area contributed by atoms with Crippen molar-refractivity contribution < 1.29 is 9.53 Å². The van der Waals surface area contributed by atoms with Crippen molar-refractivity contribution in [1.82, 2.24) is 4.98 Å². The van der Waals surface area contributed by atoms with Crippen LogP contribution in [0.25, 0.3) is 10.2 Å². The molecular formula is C16H15N3O2S. The smallest absolute Gasteiger partial charge is 0.323 e. The molecule has 0 atom stereocenters. The number of thiazole rings is 1. The number of carbonyl (C=O) groups is 1. The average molecular weight is 313 g/mol. The van der Waals surface area contributed by atoms with E-state index in [1.807, 2.05) is 37.3 Å². The minimum atomic E-state index is -0.306. The number of rotatable bonds is 3. The number of aryl methyl sites for hydroxylation is 1. The molecule has 1 aromatic heterocycles. The lowest BCUT2D eigenvalue weighted by Crippen LogP contribution is -2.19. The Labute approximate surface area is 131 Å². The SMILES string of the molecule is COc1cccc(NC(=O)Nc2ccc3sc(C)nc3c2)c1. The van der Waals surface area contributed by atoms with E-state index in [2.05, 4.69) is 15.6 Å². The molecule has 0 unspecified atom stereocenters. The van der Waals surface area contributed by atoms with Crippen LogP contribution in [0, 0.1) is 6.92 Å². The molecule has 2 aromatic carbocycles. The Kier molecular flexibility index (Phi) is 3.93. The Morgan fingerprint density at radius 2 is 1.91 bits per heavy atom. The van der Waals surface area contributed by atoms with Gasteiger partial charge in [-0.25, -0.2) is 9.78 Å². The molecule has 0 aliphatic rings. The van der Waals surface area contributed by atoms with E-state index < -0.39 is 0 Å². The van der Waals surface area contributed by atoms with Crippen LogP contribution < -0.4 is 15.4 Å². The lowest BCUT2D eigenvalue weighted by atomic mass is 10.3. The average Bonchev–Trinajstić information content (AvgIpc) is 2.86. The molecule has 1 heterocycles. The first-order valence-corrected chi connectivity index (χ1v) is 7.55. The van der Waals surface area contributed by atoms with Gasteiger partial charge in [0, 0.05) is 17.4 Å². The zero-order valence-corrected chi connectivity index (χ0v) is 13.0. The van der Waals surface area contributed by atoms with E-state index in [-0.39, 0.29) is 6.03 Å². The van der Waals surface area contributed by atoms with Crippen LogP contribution in [-0.2, 0) is 0 Å². The highest BCUT2D eigenvalue weighted by Gasteiger charge is 2.06. The number of anilines is 2. The van der Waals surface area contributed by atoms with Crippen LogP contribution in [0.1, 0.15) is 5.01 Å². The first-order chi connectivity index (χ1) is 10.6. The number of hydrogen-bond donors (Lipinski definition) is 2. The number of nitrogens with one attached hydrogen (secondary N) is 2. The summed E-state index contributed by atoms with van der Waals surface area (Å²) in [4.78, 5) is 16.5. The molecule has 0 spiro atoms. The molecule has 6 heteroatoms. The summed E-state index contributed by atoms with van der Waals surface area (Å²) in [6.07, 6.45) is 0. The van der Waals surface area contributed by atoms with Gasteiger partial charge in [-0.1, -0.05) is 6.07 Å². The molecule has 0 radical (unpaired) electrons. The lowest BCUT2D eigenvalue weighted by molar-refractivity contribution is 0.262. The Morgan fingerprint density at radius 3 is 2.68 bits per heavy atom. The molecule has 0 bridgehead atoms. The van der Waals surface area contributed by atoms with E-state index in [0.29, 0.717) is 17.1 Å². The molecule has 3 rings (SSSR count).